The van der Waals surface area contributed by atoms with Crippen LogP contribution < -0.4 is 16.6 Å². The predicted molar refractivity (Wildman–Crippen MR) is 70.0 cm³/mol. The van der Waals surface area contributed by atoms with E-state index in [1.807, 2.05) is 0 Å². The number of hydrogen-bond donors (Lipinski definition) is 4. The Hall–Kier alpha value is -1.44. The van der Waals surface area contributed by atoms with E-state index in [0.29, 0.717) is 24.1 Å². The summed E-state index contributed by atoms with van der Waals surface area (Å²) in [5.41, 5.74) is 2.49. The van der Waals surface area contributed by atoms with Crippen molar-refractivity contribution in [1.82, 2.24) is 9.97 Å². The highest BCUT2D eigenvalue weighted by Gasteiger charge is 2.03. The molecule has 0 spiro atoms. The number of anilines is 2. The summed E-state index contributed by atoms with van der Waals surface area (Å²) >= 11 is 0. The minimum absolute atomic E-state index is 0.275. The molecule has 0 aliphatic rings. The number of nitrogens with one attached hydrogen (secondary N) is 2. The Morgan fingerprint density at radius 1 is 1.44 bits per heavy atom. The van der Waals surface area contributed by atoms with Crippen LogP contribution in [0.25, 0.3) is 0 Å². The number of nitrogens with zero attached hydrogens (tertiary/aromatic N) is 2. The maximum absolute atomic E-state index is 9.15. The molecule has 0 aliphatic heterocycles. The van der Waals surface area contributed by atoms with E-state index in [-0.39, 0.29) is 6.10 Å². The first-order valence-corrected chi connectivity index (χ1v) is 5.91. The van der Waals surface area contributed by atoms with E-state index in [9.17, 15) is 0 Å². The Balaban J connectivity index is 2.55. The number of rotatable bonds is 8. The first-order chi connectivity index (χ1) is 8.65. The van der Waals surface area contributed by atoms with E-state index < -0.39 is 0 Å². The highest BCUT2D eigenvalue weighted by atomic mass is 16.5. The van der Waals surface area contributed by atoms with Crippen molar-refractivity contribution in [2.24, 2.45) is 5.84 Å². The van der Waals surface area contributed by atoms with Gasteiger partial charge in [-0.1, -0.05) is 0 Å². The molecule has 1 heterocycles. The van der Waals surface area contributed by atoms with E-state index >= 15 is 0 Å². The van der Waals surface area contributed by atoms with Crippen LogP contribution in [0, 0.1) is 0 Å². The van der Waals surface area contributed by atoms with E-state index in [0.717, 1.165) is 19.4 Å². The molecule has 0 aliphatic carbocycles. The highest BCUT2D eigenvalue weighted by molar-refractivity contribution is 5.46. The highest BCUT2D eigenvalue weighted by Crippen LogP contribution is 2.11. The third-order valence-electron chi connectivity index (χ3n) is 2.30. The van der Waals surface area contributed by atoms with E-state index in [2.05, 4.69) is 20.7 Å². The van der Waals surface area contributed by atoms with Gasteiger partial charge in [0.2, 0.25) is 0 Å². The molecular formula is C11H21N5O2. The molecule has 0 fully saturated rings. The Morgan fingerprint density at radius 3 is 2.78 bits per heavy atom. The van der Waals surface area contributed by atoms with Crippen LogP contribution in [0.15, 0.2) is 6.07 Å². The molecule has 0 radical (unpaired) electrons. The second-order valence-electron chi connectivity index (χ2n) is 4.05. The molecule has 0 saturated heterocycles. The van der Waals surface area contributed by atoms with Crippen LogP contribution in [-0.2, 0) is 11.3 Å². The molecular weight excluding hydrogens is 234 g/mol. The molecule has 0 saturated carbocycles. The lowest BCUT2D eigenvalue weighted by Gasteiger charge is -2.10. The molecule has 1 rings (SSSR count). The maximum Gasteiger partial charge on any atom is 0.158 e. The van der Waals surface area contributed by atoms with Crippen molar-refractivity contribution in [3.8, 4) is 0 Å². The van der Waals surface area contributed by atoms with Crippen molar-refractivity contribution in [2.45, 2.75) is 32.5 Å². The first kappa shape index (κ1) is 14.6. The van der Waals surface area contributed by atoms with E-state index in [4.69, 9.17) is 15.7 Å². The van der Waals surface area contributed by atoms with Gasteiger partial charge >= 0.3 is 0 Å². The smallest absolute Gasteiger partial charge is 0.158 e. The summed E-state index contributed by atoms with van der Waals surface area (Å²) < 4.78 is 4.99. The summed E-state index contributed by atoms with van der Waals surface area (Å²) in [6.45, 7) is 2.84. The first-order valence-electron chi connectivity index (χ1n) is 5.91. The number of aliphatic hydroxyl groups excluding tert-OH is 1. The summed E-state index contributed by atoms with van der Waals surface area (Å²) in [5.74, 6) is 7.12. The van der Waals surface area contributed by atoms with Gasteiger partial charge in [-0.05, 0) is 19.8 Å². The molecule has 102 valence electrons. The van der Waals surface area contributed by atoms with Gasteiger partial charge in [0.05, 0.1) is 6.10 Å². The zero-order valence-electron chi connectivity index (χ0n) is 10.8. The minimum Gasteiger partial charge on any atom is -0.393 e. The van der Waals surface area contributed by atoms with Crippen LogP contribution in [0.3, 0.4) is 0 Å². The Labute approximate surface area is 107 Å². The predicted octanol–water partition coefficient (Wildman–Crippen LogP) is 0.481. The number of aromatic nitrogens is 2. The van der Waals surface area contributed by atoms with Gasteiger partial charge in [-0.2, -0.15) is 0 Å². The number of nitrogens with two attached hydrogens (primary N) is 1. The molecule has 1 unspecified atom stereocenters. The monoisotopic (exact) mass is 255 g/mol. The summed E-state index contributed by atoms with van der Waals surface area (Å²) in [5, 5.41) is 12.3. The van der Waals surface area contributed by atoms with Gasteiger partial charge in [0.25, 0.3) is 0 Å². The zero-order valence-corrected chi connectivity index (χ0v) is 10.8. The van der Waals surface area contributed by atoms with Gasteiger partial charge < -0.3 is 20.6 Å². The van der Waals surface area contributed by atoms with Gasteiger partial charge in [0, 0.05) is 19.7 Å². The zero-order chi connectivity index (χ0) is 13.4. The second-order valence-corrected chi connectivity index (χ2v) is 4.05. The molecule has 5 N–H and O–H groups in total. The molecule has 1 atom stereocenters. The summed E-state index contributed by atoms with van der Waals surface area (Å²) in [6, 6.07) is 1.72. The van der Waals surface area contributed by atoms with Gasteiger partial charge in [-0.25, -0.2) is 15.8 Å². The fourth-order valence-corrected chi connectivity index (χ4v) is 1.47. The van der Waals surface area contributed by atoms with Crippen molar-refractivity contribution >= 4 is 11.6 Å². The molecule has 7 nitrogen and oxygen atoms in total. The quantitative estimate of drug-likeness (QED) is 0.304. The van der Waals surface area contributed by atoms with Gasteiger partial charge in [-0.15, -0.1) is 0 Å². The van der Waals surface area contributed by atoms with Crippen molar-refractivity contribution in [1.29, 1.82) is 0 Å². The summed E-state index contributed by atoms with van der Waals surface area (Å²) in [4.78, 5) is 8.43. The van der Waals surface area contributed by atoms with Gasteiger partial charge in [0.1, 0.15) is 18.2 Å². The lowest BCUT2D eigenvalue weighted by Crippen LogP contribution is -2.13. The van der Waals surface area contributed by atoms with Crippen LogP contribution in [-0.4, -0.2) is 34.8 Å². The van der Waals surface area contributed by atoms with Crippen molar-refractivity contribution in [3.63, 3.8) is 0 Å². The molecule has 0 aromatic carbocycles. The van der Waals surface area contributed by atoms with Crippen LogP contribution >= 0.6 is 0 Å². The second kappa shape index (κ2) is 7.80. The van der Waals surface area contributed by atoms with E-state index in [1.165, 1.54) is 0 Å². The number of hydrogen-bond acceptors (Lipinski definition) is 7. The fraction of sp³-hybridized carbons (Fsp3) is 0.636. The van der Waals surface area contributed by atoms with Crippen molar-refractivity contribution in [2.75, 3.05) is 24.4 Å². The van der Waals surface area contributed by atoms with Crippen LogP contribution in [0.5, 0.6) is 0 Å². The van der Waals surface area contributed by atoms with E-state index in [1.54, 1.807) is 20.1 Å². The molecule has 1 aromatic heterocycles. The fourth-order valence-electron chi connectivity index (χ4n) is 1.47. The number of ether oxygens (including phenoxy) is 1. The van der Waals surface area contributed by atoms with Crippen LogP contribution in [0.2, 0.25) is 0 Å². The lowest BCUT2D eigenvalue weighted by molar-refractivity contribution is 0.178. The molecule has 1 aromatic rings. The normalized spacial score (nSPS) is 12.2. The number of methoxy groups -OCH3 is 1. The molecule has 18 heavy (non-hydrogen) atoms. The number of nitrogen functional groups attached to an aromatic ring is 1. The Kier molecular flexibility index (Phi) is 6.34. The summed E-state index contributed by atoms with van der Waals surface area (Å²) in [6.07, 6.45) is 1.35. The Bertz CT molecular complexity index is 359. The maximum atomic E-state index is 9.15. The Morgan fingerprint density at radius 2 is 2.17 bits per heavy atom. The average Bonchev–Trinajstić information content (AvgIpc) is 2.34. The van der Waals surface area contributed by atoms with Crippen LogP contribution in [0.4, 0.5) is 11.6 Å². The standard InChI is InChI=1S/C11H21N5O2/c1-8(17)4-3-5-13-9-6-10(16-12)15-11(14-9)7-18-2/h6,8,17H,3-5,7,12H2,1-2H3,(H2,13,14,15,16). The number of hydrazine groups is 1. The third kappa shape index (κ3) is 5.26. The SMILES string of the molecule is COCc1nc(NN)cc(NCCCC(C)O)n1. The summed E-state index contributed by atoms with van der Waals surface area (Å²) in [7, 11) is 1.58. The lowest BCUT2D eigenvalue weighted by atomic mass is 10.2. The molecule has 0 amide bonds. The van der Waals surface area contributed by atoms with Gasteiger partial charge in [0.15, 0.2) is 5.82 Å². The van der Waals surface area contributed by atoms with Crippen molar-refractivity contribution < 1.29 is 9.84 Å². The van der Waals surface area contributed by atoms with Crippen LogP contribution in [0.1, 0.15) is 25.6 Å². The number of aliphatic hydroxyl groups is 1. The largest absolute Gasteiger partial charge is 0.393 e. The topological polar surface area (TPSA) is 105 Å². The minimum atomic E-state index is -0.275. The third-order valence-corrected chi connectivity index (χ3v) is 2.30. The average molecular weight is 255 g/mol. The molecule has 7 heteroatoms. The van der Waals surface area contributed by atoms with Gasteiger partial charge in [-0.3, -0.25) is 0 Å². The van der Waals surface area contributed by atoms with Crippen molar-refractivity contribution in [3.05, 3.63) is 11.9 Å². The molecule has 0 bridgehead atoms.